The summed E-state index contributed by atoms with van der Waals surface area (Å²) in [6, 6.07) is 10.1. The molecule has 1 fully saturated rings. The minimum atomic E-state index is -0.289. The molecule has 0 spiro atoms. The lowest BCUT2D eigenvalue weighted by atomic mass is 10.0. The SMILES string of the molecule is Cc1ccc(-c2nc(CC(=O)N3CCNCC3c3cccc(F)c3)cs2)o1.Cl.Cl. The quantitative estimate of drug-likeness (QED) is 0.630. The molecule has 1 amide bonds. The van der Waals surface area contributed by atoms with Crippen molar-refractivity contribution in [2.24, 2.45) is 0 Å². The van der Waals surface area contributed by atoms with E-state index in [9.17, 15) is 9.18 Å². The summed E-state index contributed by atoms with van der Waals surface area (Å²) >= 11 is 1.47. The second kappa shape index (κ2) is 10.2. The summed E-state index contributed by atoms with van der Waals surface area (Å²) < 4.78 is 19.2. The van der Waals surface area contributed by atoms with E-state index in [0.29, 0.717) is 13.1 Å². The normalized spacial score (nSPS) is 16.1. The van der Waals surface area contributed by atoms with Crippen molar-refractivity contribution in [1.82, 2.24) is 15.2 Å². The molecule has 1 aliphatic heterocycles. The highest BCUT2D eigenvalue weighted by molar-refractivity contribution is 7.13. The molecule has 156 valence electrons. The Morgan fingerprint density at radius 3 is 2.90 bits per heavy atom. The van der Waals surface area contributed by atoms with E-state index in [2.05, 4.69) is 10.3 Å². The molecule has 0 saturated carbocycles. The molecular formula is C20H22Cl2FN3O2S. The van der Waals surface area contributed by atoms with Gasteiger partial charge in [0.15, 0.2) is 10.8 Å². The number of benzene rings is 1. The third kappa shape index (κ3) is 5.36. The molecule has 2 aromatic heterocycles. The molecule has 3 heterocycles. The average Bonchev–Trinajstić information content (AvgIpc) is 3.30. The van der Waals surface area contributed by atoms with Gasteiger partial charge in [0.2, 0.25) is 5.91 Å². The van der Waals surface area contributed by atoms with Crippen molar-refractivity contribution in [1.29, 1.82) is 0 Å². The summed E-state index contributed by atoms with van der Waals surface area (Å²) in [5.41, 5.74) is 1.53. The number of piperazine rings is 1. The van der Waals surface area contributed by atoms with Crippen molar-refractivity contribution in [2.75, 3.05) is 19.6 Å². The van der Waals surface area contributed by atoms with Crippen molar-refractivity contribution >= 4 is 42.1 Å². The Morgan fingerprint density at radius 1 is 1.34 bits per heavy atom. The number of amides is 1. The van der Waals surface area contributed by atoms with Gasteiger partial charge in [-0.2, -0.15) is 0 Å². The molecule has 1 aliphatic rings. The summed E-state index contributed by atoms with van der Waals surface area (Å²) in [5.74, 6) is 1.26. The molecule has 4 rings (SSSR count). The number of thiazole rings is 1. The number of furan rings is 1. The van der Waals surface area contributed by atoms with Gasteiger partial charge in [0.1, 0.15) is 11.6 Å². The molecule has 29 heavy (non-hydrogen) atoms. The van der Waals surface area contributed by atoms with Crippen LogP contribution in [0.15, 0.2) is 46.2 Å². The third-order valence-corrected chi connectivity index (χ3v) is 5.54. The van der Waals surface area contributed by atoms with Crippen LogP contribution in [-0.2, 0) is 11.2 Å². The second-order valence-corrected chi connectivity index (χ2v) is 7.45. The highest BCUT2D eigenvalue weighted by Gasteiger charge is 2.28. The molecule has 3 aromatic rings. The first-order valence-corrected chi connectivity index (χ1v) is 9.75. The van der Waals surface area contributed by atoms with Crippen LogP contribution >= 0.6 is 36.2 Å². The van der Waals surface area contributed by atoms with Crippen LogP contribution in [-0.4, -0.2) is 35.4 Å². The molecule has 1 atom stereocenters. The van der Waals surface area contributed by atoms with Gasteiger partial charge >= 0.3 is 0 Å². The molecule has 0 radical (unpaired) electrons. The maximum absolute atomic E-state index is 13.6. The lowest BCUT2D eigenvalue weighted by Crippen LogP contribution is -2.49. The maximum atomic E-state index is 13.6. The van der Waals surface area contributed by atoms with Gasteiger partial charge in [0, 0.05) is 25.0 Å². The number of halogens is 3. The van der Waals surface area contributed by atoms with Gasteiger partial charge in [-0.1, -0.05) is 12.1 Å². The van der Waals surface area contributed by atoms with Gasteiger partial charge in [-0.15, -0.1) is 36.2 Å². The van der Waals surface area contributed by atoms with E-state index in [1.165, 1.54) is 23.5 Å². The van der Waals surface area contributed by atoms with Crippen LogP contribution in [0.4, 0.5) is 4.39 Å². The Hall–Kier alpha value is -1.93. The van der Waals surface area contributed by atoms with Crippen molar-refractivity contribution in [3.8, 4) is 10.8 Å². The monoisotopic (exact) mass is 457 g/mol. The first-order valence-electron chi connectivity index (χ1n) is 8.87. The van der Waals surface area contributed by atoms with Crippen LogP contribution in [0.2, 0.25) is 0 Å². The third-order valence-electron chi connectivity index (χ3n) is 4.63. The van der Waals surface area contributed by atoms with Gasteiger partial charge in [0.25, 0.3) is 0 Å². The highest BCUT2D eigenvalue weighted by atomic mass is 35.5. The van der Waals surface area contributed by atoms with Crippen molar-refractivity contribution < 1.29 is 13.6 Å². The Morgan fingerprint density at radius 2 is 2.17 bits per heavy atom. The minimum Gasteiger partial charge on any atom is -0.459 e. The fraction of sp³-hybridized carbons (Fsp3) is 0.300. The minimum absolute atomic E-state index is 0. The maximum Gasteiger partial charge on any atom is 0.229 e. The molecule has 1 N–H and O–H groups in total. The zero-order valence-corrected chi connectivity index (χ0v) is 18.2. The first-order chi connectivity index (χ1) is 13.1. The van der Waals surface area contributed by atoms with Crippen LogP contribution in [0.25, 0.3) is 10.8 Å². The standard InChI is InChI=1S/C20H20FN3O2S.2ClH/c1-13-5-6-18(26-13)20-23-16(12-27-20)10-19(25)24-8-7-22-11-17(24)14-3-2-4-15(21)9-14;;/h2-6,9,12,17,22H,7-8,10-11H2,1H3;2*1H. The van der Waals surface area contributed by atoms with Crippen molar-refractivity contribution in [2.45, 2.75) is 19.4 Å². The van der Waals surface area contributed by atoms with E-state index in [-0.39, 0.29) is 49.0 Å². The molecule has 0 aliphatic carbocycles. The fourth-order valence-corrected chi connectivity index (χ4v) is 4.10. The van der Waals surface area contributed by atoms with E-state index in [1.807, 2.05) is 35.4 Å². The van der Waals surface area contributed by atoms with Gasteiger partial charge in [-0.25, -0.2) is 9.37 Å². The Labute approximate surface area is 185 Å². The highest BCUT2D eigenvalue weighted by Crippen LogP contribution is 2.27. The van der Waals surface area contributed by atoms with E-state index in [1.54, 1.807) is 6.07 Å². The van der Waals surface area contributed by atoms with Gasteiger partial charge in [-0.3, -0.25) is 4.79 Å². The molecule has 1 aromatic carbocycles. The Balaban J connectivity index is 0.00000150. The van der Waals surface area contributed by atoms with E-state index >= 15 is 0 Å². The zero-order chi connectivity index (χ0) is 18.8. The number of rotatable bonds is 4. The van der Waals surface area contributed by atoms with Crippen LogP contribution in [0.1, 0.15) is 23.1 Å². The van der Waals surface area contributed by atoms with Crippen LogP contribution in [0.3, 0.4) is 0 Å². The molecular weight excluding hydrogens is 436 g/mol. The van der Waals surface area contributed by atoms with E-state index in [0.717, 1.165) is 34.3 Å². The number of hydrogen-bond acceptors (Lipinski definition) is 5. The molecule has 0 bridgehead atoms. The van der Waals surface area contributed by atoms with Crippen LogP contribution < -0.4 is 5.32 Å². The molecule has 1 saturated heterocycles. The summed E-state index contributed by atoms with van der Waals surface area (Å²) in [6.07, 6.45) is 0.224. The average molecular weight is 458 g/mol. The molecule has 9 heteroatoms. The predicted octanol–water partition coefficient (Wildman–Crippen LogP) is 4.41. The zero-order valence-electron chi connectivity index (χ0n) is 15.8. The number of aromatic nitrogens is 1. The largest absolute Gasteiger partial charge is 0.459 e. The predicted molar refractivity (Wildman–Crippen MR) is 116 cm³/mol. The first kappa shape index (κ1) is 23.3. The number of aryl methyl sites for hydroxylation is 1. The number of nitrogens with one attached hydrogen (secondary N) is 1. The van der Waals surface area contributed by atoms with Gasteiger partial charge < -0.3 is 14.6 Å². The summed E-state index contributed by atoms with van der Waals surface area (Å²) in [4.78, 5) is 19.3. The van der Waals surface area contributed by atoms with E-state index in [4.69, 9.17) is 4.42 Å². The number of carbonyl (C=O) groups is 1. The smallest absolute Gasteiger partial charge is 0.229 e. The van der Waals surface area contributed by atoms with E-state index < -0.39 is 0 Å². The number of nitrogens with zero attached hydrogens (tertiary/aromatic N) is 2. The summed E-state index contributed by atoms with van der Waals surface area (Å²) in [5, 5.41) is 5.95. The molecule has 1 unspecified atom stereocenters. The fourth-order valence-electron chi connectivity index (χ4n) is 3.32. The number of carbonyl (C=O) groups excluding carboxylic acids is 1. The van der Waals surface area contributed by atoms with Gasteiger partial charge in [-0.05, 0) is 36.8 Å². The number of hydrogen-bond donors (Lipinski definition) is 1. The van der Waals surface area contributed by atoms with Crippen molar-refractivity contribution in [3.05, 3.63) is 64.6 Å². The van der Waals surface area contributed by atoms with Crippen LogP contribution in [0.5, 0.6) is 0 Å². The Kier molecular flexibility index (Phi) is 8.22. The second-order valence-electron chi connectivity index (χ2n) is 6.59. The van der Waals surface area contributed by atoms with Gasteiger partial charge in [0.05, 0.1) is 18.2 Å². The lowest BCUT2D eigenvalue weighted by molar-refractivity contribution is -0.133. The summed E-state index contributed by atoms with van der Waals surface area (Å²) in [6.45, 7) is 3.82. The lowest BCUT2D eigenvalue weighted by Gasteiger charge is -2.36. The van der Waals surface area contributed by atoms with Crippen molar-refractivity contribution in [3.63, 3.8) is 0 Å². The Bertz CT molecular complexity index is 963. The summed E-state index contributed by atoms with van der Waals surface area (Å²) in [7, 11) is 0. The topological polar surface area (TPSA) is 58.4 Å². The van der Waals surface area contributed by atoms with Crippen LogP contribution in [0, 0.1) is 12.7 Å². The molecule has 5 nitrogen and oxygen atoms in total.